The van der Waals surface area contributed by atoms with Crippen LogP contribution in [0.2, 0.25) is 0 Å². The molecule has 0 aliphatic heterocycles. The Morgan fingerprint density at radius 1 is 0.595 bits per heavy atom. The average Bonchev–Trinajstić information content (AvgIpc) is 2.76. The van der Waals surface area contributed by atoms with Crippen molar-refractivity contribution in [1.29, 1.82) is 0 Å². The molecule has 0 spiro atoms. The standard InChI is InChI=1S/C17H7F15O5/c1-36-9(34)8(33)6-2-4-7(5-3-6)37-10(35)11(18,19)12(20,21)13(22,23)14(24,25)15(26,27)16(28,29)17(30,31)32/h2-5H,1H3. The van der Waals surface area contributed by atoms with Gasteiger partial charge < -0.3 is 9.47 Å². The molecule has 0 fully saturated rings. The first-order valence-electron chi connectivity index (χ1n) is 8.54. The summed E-state index contributed by atoms with van der Waals surface area (Å²) in [6.45, 7) is 0. The highest BCUT2D eigenvalue weighted by Gasteiger charge is 2.94. The molecule has 0 atom stereocenters. The molecule has 1 aromatic carbocycles. The third kappa shape index (κ3) is 4.76. The zero-order valence-corrected chi connectivity index (χ0v) is 17.0. The molecule has 1 rings (SSSR count). The predicted molar refractivity (Wildman–Crippen MR) is 84.2 cm³/mol. The number of alkyl halides is 15. The fourth-order valence-corrected chi connectivity index (χ4v) is 2.15. The molecule has 210 valence electrons. The summed E-state index contributed by atoms with van der Waals surface area (Å²) in [7, 11) is 0.748. The predicted octanol–water partition coefficient (Wildman–Crippen LogP) is 5.32. The van der Waals surface area contributed by atoms with E-state index in [4.69, 9.17) is 0 Å². The zero-order valence-electron chi connectivity index (χ0n) is 17.0. The van der Waals surface area contributed by atoms with Gasteiger partial charge in [-0.05, 0) is 24.3 Å². The van der Waals surface area contributed by atoms with E-state index in [0.29, 0.717) is 12.1 Å². The van der Waals surface area contributed by atoms with E-state index in [9.17, 15) is 80.2 Å². The van der Waals surface area contributed by atoms with Gasteiger partial charge in [0.25, 0.3) is 5.78 Å². The van der Waals surface area contributed by atoms with Crippen molar-refractivity contribution in [2.45, 2.75) is 41.7 Å². The molecule has 0 bridgehead atoms. The molecule has 1 aromatic rings. The number of Topliss-reactive ketones (excluding diaryl/α,β-unsaturated/α-hetero) is 1. The van der Waals surface area contributed by atoms with Gasteiger partial charge in [0, 0.05) is 5.56 Å². The van der Waals surface area contributed by atoms with Crippen molar-refractivity contribution >= 4 is 17.7 Å². The first-order valence-corrected chi connectivity index (χ1v) is 8.54. The van der Waals surface area contributed by atoms with E-state index >= 15 is 0 Å². The van der Waals surface area contributed by atoms with Gasteiger partial charge in [0.05, 0.1) is 7.11 Å². The third-order valence-electron chi connectivity index (χ3n) is 4.28. The van der Waals surface area contributed by atoms with Crippen molar-refractivity contribution in [2.24, 2.45) is 0 Å². The van der Waals surface area contributed by atoms with E-state index in [1.54, 1.807) is 0 Å². The molecule has 0 heterocycles. The van der Waals surface area contributed by atoms with E-state index < -0.39 is 70.7 Å². The van der Waals surface area contributed by atoms with Crippen molar-refractivity contribution in [3.63, 3.8) is 0 Å². The molecule has 20 heteroatoms. The van der Waals surface area contributed by atoms with Crippen LogP contribution in [0.15, 0.2) is 24.3 Å². The van der Waals surface area contributed by atoms with Gasteiger partial charge in [-0.15, -0.1) is 0 Å². The minimum absolute atomic E-state index is 0.271. The number of hydrogen-bond donors (Lipinski definition) is 0. The highest BCUT2D eigenvalue weighted by molar-refractivity contribution is 6.40. The van der Waals surface area contributed by atoms with Crippen molar-refractivity contribution in [3.8, 4) is 5.75 Å². The maximum Gasteiger partial charge on any atom is 0.460 e. The van der Waals surface area contributed by atoms with Gasteiger partial charge in [0.2, 0.25) is 0 Å². The smallest absolute Gasteiger partial charge is 0.460 e. The number of esters is 2. The monoisotopic (exact) mass is 576 g/mol. The van der Waals surface area contributed by atoms with Gasteiger partial charge in [-0.3, -0.25) is 4.79 Å². The first kappa shape index (κ1) is 31.8. The van der Waals surface area contributed by atoms with Crippen LogP contribution in [0.4, 0.5) is 65.9 Å². The Labute approximate surface area is 193 Å². The van der Waals surface area contributed by atoms with Crippen molar-refractivity contribution < 1.29 is 89.7 Å². The number of benzene rings is 1. The van der Waals surface area contributed by atoms with Crippen LogP contribution in [0.1, 0.15) is 10.4 Å². The summed E-state index contributed by atoms with van der Waals surface area (Å²) in [5.41, 5.74) is -0.622. The lowest BCUT2D eigenvalue weighted by molar-refractivity contribution is -0.450. The molecule has 0 aliphatic carbocycles. The molecule has 0 amide bonds. The minimum atomic E-state index is -8.55. The first-order chi connectivity index (χ1) is 16.3. The van der Waals surface area contributed by atoms with Gasteiger partial charge in [-0.1, -0.05) is 0 Å². The molecule has 0 saturated carbocycles. The normalized spacial score (nSPS) is 14.3. The number of methoxy groups -OCH3 is 1. The maximum atomic E-state index is 13.8. The summed E-state index contributed by atoms with van der Waals surface area (Å²) in [4.78, 5) is 33.9. The lowest BCUT2D eigenvalue weighted by Crippen LogP contribution is -2.73. The Hall–Kier alpha value is -3.22. The van der Waals surface area contributed by atoms with Crippen LogP contribution < -0.4 is 4.74 Å². The number of carbonyl (C=O) groups is 3. The van der Waals surface area contributed by atoms with E-state index in [0.717, 1.165) is 7.11 Å². The molecule has 0 saturated heterocycles. The highest BCUT2D eigenvalue weighted by atomic mass is 19.4. The van der Waals surface area contributed by atoms with Crippen LogP contribution >= 0.6 is 0 Å². The number of rotatable bonds is 9. The third-order valence-corrected chi connectivity index (χ3v) is 4.28. The number of ketones is 1. The average molecular weight is 576 g/mol. The van der Waals surface area contributed by atoms with Gasteiger partial charge in [0.1, 0.15) is 5.75 Å². The van der Waals surface area contributed by atoms with Gasteiger partial charge in [-0.2, -0.15) is 65.9 Å². The topological polar surface area (TPSA) is 69.7 Å². The second kappa shape index (κ2) is 9.26. The van der Waals surface area contributed by atoms with E-state index in [1.807, 2.05) is 0 Å². The lowest BCUT2D eigenvalue weighted by atomic mass is 9.91. The SMILES string of the molecule is COC(=O)C(=O)c1ccc(OC(=O)C(F)(F)C(F)(F)C(F)(F)C(F)(F)C(F)(F)C(F)(F)C(F)(F)F)cc1. The second-order valence-corrected chi connectivity index (χ2v) is 6.68. The number of ether oxygens (including phenoxy) is 2. The summed E-state index contributed by atoms with van der Waals surface area (Å²) in [5, 5.41) is 0. The molecular weight excluding hydrogens is 569 g/mol. The highest BCUT2D eigenvalue weighted by Crippen LogP contribution is 2.62. The van der Waals surface area contributed by atoms with Crippen molar-refractivity contribution in [3.05, 3.63) is 29.8 Å². The quantitative estimate of drug-likeness (QED) is 0.131. The fourth-order valence-electron chi connectivity index (χ4n) is 2.15. The fraction of sp³-hybridized carbons (Fsp3) is 0.471. The Morgan fingerprint density at radius 3 is 1.35 bits per heavy atom. The molecule has 0 radical (unpaired) electrons. The Bertz CT molecular complexity index is 1040. The summed E-state index contributed by atoms with van der Waals surface area (Å²) in [6, 6.07) is 1.49. The molecule has 37 heavy (non-hydrogen) atoms. The Balaban J connectivity index is 3.39. The van der Waals surface area contributed by atoms with Crippen molar-refractivity contribution in [1.82, 2.24) is 0 Å². The van der Waals surface area contributed by atoms with E-state index in [-0.39, 0.29) is 12.1 Å². The Morgan fingerprint density at radius 2 is 0.973 bits per heavy atom. The summed E-state index contributed by atoms with van der Waals surface area (Å²) >= 11 is 0. The van der Waals surface area contributed by atoms with Gasteiger partial charge >= 0.3 is 53.7 Å². The van der Waals surface area contributed by atoms with Crippen LogP contribution in [0.3, 0.4) is 0 Å². The largest absolute Gasteiger partial charge is 0.463 e. The summed E-state index contributed by atoms with van der Waals surface area (Å²) in [5.74, 6) is -57.1. The Kier molecular flexibility index (Phi) is 7.96. The van der Waals surface area contributed by atoms with Crippen molar-refractivity contribution in [2.75, 3.05) is 7.11 Å². The van der Waals surface area contributed by atoms with Gasteiger partial charge in [0.15, 0.2) is 0 Å². The van der Waals surface area contributed by atoms with E-state index in [1.165, 1.54) is 0 Å². The molecule has 0 unspecified atom stereocenters. The van der Waals surface area contributed by atoms with Crippen LogP contribution in [0.25, 0.3) is 0 Å². The van der Waals surface area contributed by atoms with Crippen LogP contribution in [-0.4, -0.2) is 66.5 Å². The summed E-state index contributed by atoms with van der Waals surface area (Å²) in [6.07, 6.45) is -7.76. The second-order valence-electron chi connectivity index (χ2n) is 6.68. The molecule has 0 aliphatic rings. The van der Waals surface area contributed by atoms with Crippen LogP contribution in [-0.2, 0) is 14.3 Å². The molecule has 0 aromatic heterocycles. The molecular formula is C17H7F15O5. The maximum absolute atomic E-state index is 13.8. The van der Waals surface area contributed by atoms with Gasteiger partial charge in [-0.25, -0.2) is 9.59 Å². The van der Waals surface area contributed by atoms with E-state index in [2.05, 4.69) is 9.47 Å². The number of halogens is 15. The molecule has 5 nitrogen and oxygen atoms in total. The number of carbonyl (C=O) groups excluding carboxylic acids is 3. The number of hydrogen-bond acceptors (Lipinski definition) is 5. The lowest BCUT2D eigenvalue weighted by Gasteiger charge is -2.40. The zero-order chi connectivity index (χ0) is 29.6. The minimum Gasteiger partial charge on any atom is -0.463 e. The van der Waals surface area contributed by atoms with Crippen LogP contribution in [0, 0.1) is 0 Å². The molecule has 0 N–H and O–H groups in total. The van der Waals surface area contributed by atoms with Crippen LogP contribution in [0.5, 0.6) is 5.75 Å². The summed E-state index contributed by atoms with van der Waals surface area (Å²) < 4.78 is 204.